The van der Waals surface area contributed by atoms with Crippen molar-refractivity contribution in [2.24, 2.45) is 5.92 Å². The van der Waals surface area contributed by atoms with E-state index in [2.05, 4.69) is 9.97 Å². The van der Waals surface area contributed by atoms with Crippen molar-refractivity contribution in [2.45, 2.75) is 54.1 Å². The van der Waals surface area contributed by atoms with Crippen molar-refractivity contribution in [2.75, 3.05) is 0 Å². The van der Waals surface area contributed by atoms with E-state index >= 15 is 0 Å². The topological polar surface area (TPSA) is 63.1 Å². The first kappa shape index (κ1) is 16.5. The molecule has 0 aliphatic rings. The van der Waals surface area contributed by atoms with Crippen LogP contribution in [-0.4, -0.2) is 20.9 Å². The molecule has 0 aliphatic carbocycles. The summed E-state index contributed by atoms with van der Waals surface area (Å²) in [5.74, 6) is 0.237. The normalized spacial score (nSPS) is 12.4. The van der Waals surface area contributed by atoms with E-state index in [9.17, 15) is 9.90 Å². The largest absolute Gasteiger partial charge is 0.387 e. The van der Waals surface area contributed by atoms with E-state index in [1.54, 1.807) is 19.9 Å². The number of hydrogen-bond donors (Lipinski definition) is 1. The summed E-state index contributed by atoms with van der Waals surface area (Å²) in [6.45, 7) is 11.4. The van der Waals surface area contributed by atoms with Crippen molar-refractivity contribution in [3.8, 4) is 0 Å². The molecule has 0 saturated heterocycles. The Labute approximate surface area is 121 Å². The zero-order valence-corrected chi connectivity index (χ0v) is 13.2. The molecule has 0 aromatic carbocycles. The van der Waals surface area contributed by atoms with Gasteiger partial charge in [-0.1, -0.05) is 19.4 Å². The van der Waals surface area contributed by atoms with Gasteiger partial charge in [0, 0.05) is 0 Å². The van der Waals surface area contributed by atoms with Gasteiger partial charge in [0.25, 0.3) is 0 Å². The van der Waals surface area contributed by atoms with Gasteiger partial charge >= 0.3 is 0 Å². The quantitative estimate of drug-likeness (QED) is 0.662. The van der Waals surface area contributed by atoms with Crippen LogP contribution in [0.15, 0.2) is 11.6 Å². The number of aromatic nitrogens is 2. The summed E-state index contributed by atoms with van der Waals surface area (Å²) in [5.41, 5.74) is 3.05. The molecule has 0 unspecified atom stereocenters. The fourth-order valence-corrected chi connectivity index (χ4v) is 2.06. The first-order valence-corrected chi connectivity index (χ1v) is 6.94. The van der Waals surface area contributed by atoms with Crippen LogP contribution in [-0.2, 0) is 0 Å². The molecule has 1 heterocycles. The molecule has 4 heteroatoms. The number of nitrogens with zero attached hydrogens (tertiary/aromatic N) is 2. The lowest BCUT2D eigenvalue weighted by molar-refractivity contribution is 0.103. The number of rotatable bonds is 5. The highest BCUT2D eigenvalue weighted by atomic mass is 16.3. The average Bonchev–Trinajstić information content (AvgIpc) is 2.29. The fraction of sp³-hybridized carbons (Fsp3) is 0.562. The summed E-state index contributed by atoms with van der Waals surface area (Å²) < 4.78 is 0. The number of aliphatic hydroxyl groups excluding tert-OH is 1. The number of ketones is 1. The van der Waals surface area contributed by atoms with Gasteiger partial charge in [-0.15, -0.1) is 0 Å². The van der Waals surface area contributed by atoms with Gasteiger partial charge < -0.3 is 5.11 Å². The van der Waals surface area contributed by atoms with Gasteiger partial charge in [0.05, 0.1) is 23.2 Å². The summed E-state index contributed by atoms with van der Waals surface area (Å²) in [6.07, 6.45) is 1.56. The van der Waals surface area contributed by atoms with E-state index < -0.39 is 6.10 Å². The molecule has 1 N–H and O–H groups in total. The molecule has 0 bridgehead atoms. The summed E-state index contributed by atoms with van der Waals surface area (Å²) in [7, 11) is 0. The molecule has 4 nitrogen and oxygen atoms in total. The molecule has 1 aromatic rings. The smallest absolute Gasteiger partial charge is 0.205 e. The van der Waals surface area contributed by atoms with Gasteiger partial charge in [0.2, 0.25) is 5.78 Å². The van der Waals surface area contributed by atoms with E-state index in [4.69, 9.17) is 0 Å². The summed E-state index contributed by atoms with van der Waals surface area (Å²) in [4.78, 5) is 20.8. The number of carbonyl (C=O) groups is 1. The third-order valence-electron chi connectivity index (χ3n) is 2.94. The molecule has 0 aliphatic heterocycles. The lowest BCUT2D eigenvalue weighted by Gasteiger charge is -2.16. The van der Waals surface area contributed by atoms with Gasteiger partial charge in [-0.2, -0.15) is 0 Å². The minimum atomic E-state index is -0.631. The van der Waals surface area contributed by atoms with Gasteiger partial charge in [-0.3, -0.25) is 9.78 Å². The van der Waals surface area contributed by atoms with Crippen molar-refractivity contribution in [3.05, 3.63) is 34.4 Å². The van der Waals surface area contributed by atoms with Crippen LogP contribution in [0.3, 0.4) is 0 Å². The molecule has 20 heavy (non-hydrogen) atoms. The molecule has 0 amide bonds. The highest BCUT2D eigenvalue weighted by Gasteiger charge is 2.19. The van der Waals surface area contributed by atoms with Crippen molar-refractivity contribution in [3.63, 3.8) is 0 Å². The monoisotopic (exact) mass is 276 g/mol. The minimum absolute atomic E-state index is 0.136. The number of aliphatic hydroxyl groups is 1. The Kier molecular flexibility index (Phi) is 5.57. The van der Waals surface area contributed by atoms with E-state index in [0.717, 1.165) is 5.57 Å². The van der Waals surface area contributed by atoms with Crippen LogP contribution in [0.4, 0.5) is 0 Å². The predicted molar refractivity (Wildman–Crippen MR) is 79.7 cm³/mol. The maximum absolute atomic E-state index is 12.0. The van der Waals surface area contributed by atoms with Crippen molar-refractivity contribution >= 4 is 5.78 Å². The number of aryl methyl sites for hydroxylation is 2. The molecule has 1 aromatic heterocycles. The van der Waals surface area contributed by atoms with Crippen LogP contribution in [0.2, 0.25) is 0 Å². The van der Waals surface area contributed by atoms with Crippen molar-refractivity contribution in [1.29, 1.82) is 0 Å². The van der Waals surface area contributed by atoms with E-state index in [1.165, 1.54) is 0 Å². The predicted octanol–water partition coefficient (Wildman–Crippen LogP) is 3.32. The van der Waals surface area contributed by atoms with Crippen LogP contribution in [0, 0.1) is 19.8 Å². The summed E-state index contributed by atoms with van der Waals surface area (Å²) >= 11 is 0. The summed E-state index contributed by atoms with van der Waals surface area (Å²) in [6, 6.07) is 0. The van der Waals surface area contributed by atoms with E-state index in [-0.39, 0.29) is 5.78 Å². The highest BCUT2D eigenvalue weighted by molar-refractivity contribution is 6.04. The van der Waals surface area contributed by atoms with Gasteiger partial charge in [0.1, 0.15) is 5.69 Å². The molecule has 110 valence electrons. The third kappa shape index (κ3) is 4.23. The van der Waals surface area contributed by atoms with Gasteiger partial charge in [0.15, 0.2) is 0 Å². The second-order valence-electron chi connectivity index (χ2n) is 5.86. The molecule has 1 atom stereocenters. The lowest BCUT2D eigenvalue weighted by atomic mass is 10.0. The van der Waals surface area contributed by atoms with Crippen LogP contribution >= 0.6 is 0 Å². The first-order chi connectivity index (χ1) is 9.22. The Balaban J connectivity index is 3.15. The van der Waals surface area contributed by atoms with Gasteiger partial charge in [-0.05, 0) is 46.1 Å². The molecule has 0 radical (unpaired) electrons. The zero-order chi connectivity index (χ0) is 15.4. The molecule has 1 rings (SSSR count). The number of carbonyl (C=O) groups excluding carboxylic acids is 1. The molecular formula is C16H24N2O2. The molecule has 0 saturated carbocycles. The molecular weight excluding hydrogens is 252 g/mol. The first-order valence-electron chi connectivity index (χ1n) is 6.94. The second kappa shape index (κ2) is 6.75. The standard InChI is InChI=1S/C16H24N2O2/c1-9(2)7-13(19)15-11(5)18-16(12(6)17-15)14(20)8-10(3)4/h7,10,14,20H,8H2,1-6H3/t14-/m0/s1. The zero-order valence-electron chi connectivity index (χ0n) is 13.2. The Morgan fingerprint density at radius 1 is 1.20 bits per heavy atom. The Bertz CT molecular complexity index is 530. The Morgan fingerprint density at radius 2 is 1.80 bits per heavy atom. The third-order valence-corrected chi connectivity index (χ3v) is 2.94. The van der Waals surface area contributed by atoms with Crippen LogP contribution < -0.4 is 0 Å². The average molecular weight is 276 g/mol. The maximum Gasteiger partial charge on any atom is 0.205 e. The van der Waals surface area contributed by atoms with Crippen LogP contribution in [0.25, 0.3) is 0 Å². The van der Waals surface area contributed by atoms with E-state index in [1.807, 2.05) is 27.7 Å². The minimum Gasteiger partial charge on any atom is -0.387 e. The lowest BCUT2D eigenvalue weighted by Crippen LogP contribution is -2.13. The highest BCUT2D eigenvalue weighted by Crippen LogP contribution is 2.22. The van der Waals surface area contributed by atoms with Crippen molar-refractivity contribution < 1.29 is 9.90 Å². The van der Waals surface area contributed by atoms with E-state index in [0.29, 0.717) is 35.1 Å². The fourth-order valence-electron chi connectivity index (χ4n) is 2.06. The maximum atomic E-state index is 12.0. The number of allylic oxidation sites excluding steroid dienone is 2. The second-order valence-corrected chi connectivity index (χ2v) is 5.86. The van der Waals surface area contributed by atoms with Crippen LogP contribution in [0.5, 0.6) is 0 Å². The molecule has 0 spiro atoms. The van der Waals surface area contributed by atoms with Crippen LogP contribution in [0.1, 0.15) is 67.8 Å². The summed E-state index contributed by atoms with van der Waals surface area (Å²) in [5, 5.41) is 10.2. The molecule has 0 fully saturated rings. The van der Waals surface area contributed by atoms with Crippen molar-refractivity contribution in [1.82, 2.24) is 9.97 Å². The SMILES string of the molecule is CC(C)=CC(=O)c1nc(C)c([C@@H](O)CC(C)C)nc1C. The Morgan fingerprint density at radius 3 is 2.30 bits per heavy atom. The van der Waals surface area contributed by atoms with Gasteiger partial charge in [-0.25, -0.2) is 4.98 Å². The Hall–Kier alpha value is -1.55. The number of hydrogen-bond acceptors (Lipinski definition) is 4.